The van der Waals surface area contributed by atoms with Crippen LogP contribution in [0.2, 0.25) is 0 Å². The fourth-order valence-electron chi connectivity index (χ4n) is 2.04. The number of pyridine rings is 1. The molecule has 1 aliphatic carbocycles. The third kappa shape index (κ3) is 4.91. The maximum Gasteiger partial charge on any atom is 0.239 e. The zero-order valence-electron chi connectivity index (χ0n) is 12.9. The Kier molecular flexibility index (Phi) is 5.10. The average Bonchev–Trinajstić information content (AvgIpc) is 3.21. The fraction of sp³-hybridized carbons (Fsp3) is 0.688. The monoisotopic (exact) mass is 277 g/mol. The van der Waals surface area contributed by atoms with E-state index in [1.165, 1.54) is 19.3 Å². The molecule has 4 nitrogen and oxygen atoms in total. The van der Waals surface area contributed by atoms with E-state index in [-0.39, 0.29) is 0 Å². The van der Waals surface area contributed by atoms with Gasteiger partial charge in [-0.3, -0.25) is 0 Å². The molecule has 20 heavy (non-hydrogen) atoms. The van der Waals surface area contributed by atoms with Gasteiger partial charge in [0.25, 0.3) is 0 Å². The van der Waals surface area contributed by atoms with Crippen molar-refractivity contribution < 1.29 is 4.74 Å². The molecule has 1 unspecified atom stereocenters. The highest BCUT2D eigenvalue weighted by molar-refractivity contribution is 5.53. The van der Waals surface area contributed by atoms with Crippen molar-refractivity contribution in [2.45, 2.75) is 52.5 Å². The topological polar surface area (TPSA) is 60.2 Å². The molecule has 0 saturated heterocycles. The number of nitrogens with one attached hydrogen (secondary N) is 1. The van der Waals surface area contributed by atoms with Crippen molar-refractivity contribution >= 4 is 11.5 Å². The molecule has 4 heteroatoms. The van der Waals surface area contributed by atoms with Crippen molar-refractivity contribution in [1.82, 2.24) is 4.98 Å². The Morgan fingerprint density at radius 1 is 1.30 bits per heavy atom. The van der Waals surface area contributed by atoms with Crippen LogP contribution in [-0.4, -0.2) is 17.6 Å². The SMILES string of the molecule is CC(C)CCC(C)Nc1ccc(N)c(OCC2CC2)n1. The summed E-state index contributed by atoms with van der Waals surface area (Å²) < 4.78 is 5.71. The molecule has 1 fully saturated rings. The van der Waals surface area contributed by atoms with Gasteiger partial charge in [0.1, 0.15) is 5.82 Å². The van der Waals surface area contributed by atoms with Gasteiger partial charge >= 0.3 is 0 Å². The summed E-state index contributed by atoms with van der Waals surface area (Å²) in [6.07, 6.45) is 4.89. The molecule has 0 aliphatic heterocycles. The van der Waals surface area contributed by atoms with Gasteiger partial charge in [-0.25, -0.2) is 0 Å². The molecule has 0 bridgehead atoms. The van der Waals surface area contributed by atoms with Crippen molar-refractivity contribution in [1.29, 1.82) is 0 Å². The van der Waals surface area contributed by atoms with E-state index >= 15 is 0 Å². The molecule has 3 N–H and O–H groups in total. The van der Waals surface area contributed by atoms with Crippen LogP contribution in [0.15, 0.2) is 12.1 Å². The van der Waals surface area contributed by atoms with Crippen molar-refractivity contribution in [3.05, 3.63) is 12.1 Å². The summed E-state index contributed by atoms with van der Waals surface area (Å²) >= 11 is 0. The molecule has 0 amide bonds. The first-order valence-electron chi connectivity index (χ1n) is 7.70. The number of hydrogen-bond acceptors (Lipinski definition) is 4. The summed E-state index contributed by atoms with van der Waals surface area (Å²) in [5, 5.41) is 3.42. The summed E-state index contributed by atoms with van der Waals surface area (Å²) in [7, 11) is 0. The maximum atomic E-state index is 5.91. The van der Waals surface area contributed by atoms with Crippen LogP contribution in [0.5, 0.6) is 5.88 Å². The van der Waals surface area contributed by atoms with Crippen LogP contribution in [0.25, 0.3) is 0 Å². The smallest absolute Gasteiger partial charge is 0.239 e. The lowest BCUT2D eigenvalue weighted by atomic mass is 10.0. The summed E-state index contributed by atoms with van der Waals surface area (Å²) in [6.45, 7) is 7.42. The number of ether oxygens (including phenoxy) is 1. The van der Waals surface area contributed by atoms with Crippen LogP contribution in [0, 0.1) is 11.8 Å². The van der Waals surface area contributed by atoms with Crippen molar-refractivity contribution in [3.8, 4) is 5.88 Å². The van der Waals surface area contributed by atoms with Crippen molar-refractivity contribution in [2.75, 3.05) is 17.7 Å². The van der Waals surface area contributed by atoms with Gasteiger partial charge in [-0.05, 0) is 56.6 Å². The molecule has 1 aromatic heterocycles. The van der Waals surface area contributed by atoms with Crippen LogP contribution < -0.4 is 15.8 Å². The van der Waals surface area contributed by atoms with E-state index in [4.69, 9.17) is 10.5 Å². The summed E-state index contributed by atoms with van der Waals surface area (Å²) in [6, 6.07) is 4.20. The van der Waals surface area contributed by atoms with Crippen LogP contribution in [-0.2, 0) is 0 Å². The van der Waals surface area contributed by atoms with E-state index in [1.54, 1.807) is 0 Å². The Morgan fingerprint density at radius 2 is 2.05 bits per heavy atom. The first-order chi connectivity index (χ1) is 9.54. The molecule has 2 rings (SSSR count). The molecular weight excluding hydrogens is 250 g/mol. The Balaban J connectivity index is 1.88. The second-order valence-electron chi connectivity index (χ2n) is 6.36. The van der Waals surface area contributed by atoms with Crippen molar-refractivity contribution in [3.63, 3.8) is 0 Å². The number of nitrogens with two attached hydrogens (primary N) is 1. The highest BCUT2D eigenvalue weighted by Crippen LogP contribution is 2.30. The Hall–Kier alpha value is -1.45. The number of nitrogen functional groups attached to an aromatic ring is 1. The van der Waals surface area contributed by atoms with Gasteiger partial charge < -0.3 is 15.8 Å². The minimum atomic E-state index is 0.407. The standard InChI is InChI=1S/C16H27N3O/c1-11(2)4-5-12(3)18-15-9-8-14(17)16(19-15)20-10-13-6-7-13/h8-9,11-13H,4-7,10,17H2,1-3H3,(H,18,19). The molecule has 112 valence electrons. The van der Waals surface area contributed by atoms with E-state index in [2.05, 4.69) is 31.1 Å². The second kappa shape index (κ2) is 6.82. The van der Waals surface area contributed by atoms with Gasteiger partial charge in [-0.1, -0.05) is 13.8 Å². The molecule has 1 aromatic rings. The Labute approximate surface area is 122 Å². The molecular formula is C16H27N3O. The molecule has 1 heterocycles. The largest absolute Gasteiger partial charge is 0.476 e. The zero-order chi connectivity index (χ0) is 14.5. The predicted molar refractivity (Wildman–Crippen MR) is 84.0 cm³/mol. The van der Waals surface area contributed by atoms with E-state index in [1.807, 2.05) is 12.1 Å². The highest BCUT2D eigenvalue weighted by Gasteiger charge is 2.22. The van der Waals surface area contributed by atoms with Gasteiger partial charge in [0.15, 0.2) is 0 Å². The van der Waals surface area contributed by atoms with Gasteiger partial charge in [0, 0.05) is 6.04 Å². The summed E-state index contributed by atoms with van der Waals surface area (Å²) in [5.74, 6) is 2.85. The summed E-state index contributed by atoms with van der Waals surface area (Å²) in [5.41, 5.74) is 6.53. The van der Waals surface area contributed by atoms with Crippen molar-refractivity contribution in [2.24, 2.45) is 11.8 Å². The number of aromatic nitrogens is 1. The summed E-state index contributed by atoms with van der Waals surface area (Å²) in [4.78, 5) is 4.48. The van der Waals surface area contributed by atoms with E-state index in [9.17, 15) is 0 Å². The van der Waals surface area contributed by atoms with E-state index in [0.29, 0.717) is 23.5 Å². The first-order valence-corrected chi connectivity index (χ1v) is 7.70. The van der Waals surface area contributed by atoms with Gasteiger partial charge in [0.2, 0.25) is 5.88 Å². The van der Waals surface area contributed by atoms with Crippen LogP contribution in [0.4, 0.5) is 11.5 Å². The van der Waals surface area contributed by atoms with Gasteiger partial charge in [-0.2, -0.15) is 4.98 Å². The molecule has 1 saturated carbocycles. The normalized spacial score (nSPS) is 16.2. The van der Waals surface area contributed by atoms with Gasteiger partial charge in [-0.15, -0.1) is 0 Å². The minimum Gasteiger partial charge on any atom is -0.476 e. The fourth-order valence-corrected chi connectivity index (χ4v) is 2.04. The number of anilines is 2. The third-order valence-electron chi connectivity index (χ3n) is 3.61. The van der Waals surface area contributed by atoms with E-state index in [0.717, 1.165) is 24.8 Å². The quantitative estimate of drug-likeness (QED) is 0.761. The zero-order valence-corrected chi connectivity index (χ0v) is 12.9. The molecule has 1 aliphatic rings. The highest BCUT2D eigenvalue weighted by atomic mass is 16.5. The second-order valence-corrected chi connectivity index (χ2v) is 6.36. The lowest BCUT2D eigenvalue weighted by Gasteiger charge is -2.17. The van der Waals surface area contributed by atoms with Crippen LogP contribution in [0.1, 0.15) is 46.5 Å². The molecule has 0 radical (unpaired) electrons. The lowest BCUT2D eigenvalue weighted by molar-refractivity contribution is 0.290. The maximum absolute atomic E-state index is 5.91. The third-order valence-corrected chi connectivity index (χ3v) is 3.61. The Bertz CT molecular complexity index is 430. The lowest BCUT2D eigenvalue weighted by Crippen LogP contribution is -2.17. The Morgan fingerprint density at radius 3 is 2.70 bits per heavy atom. The van der Waals surface area contributed by atoms with Crippen LogP contribution in [0.3, 0.4) is 0 Å². The number of hydrogen-bond donors (Lipinski definition) is 2. The molecule has 1 atom stereocenters. The minimum absolute atomic E-state index is 0.407. The average molecular weight is 277 g/mol. The molecule has 0 spiro atoms. The first kappa shape index (κ1) is 14.9. The molecule has 0 aromatic carbocycles. The number of nitrogens with zero attached hydrogens (tertiary/aromatic N) is 1. The van der Waals surface area contributed by atoms with Crippen LogP contribution >= 0.6 is 0 Å². The predicted octanol–water partition coefficient (Wildman–Crippen LogP) is 3.69. The number of rotatable bonds is 8. The van der Waals surface area contributed by atoms with E-state index < -0.39 is 0 Å². The van der Waals surface area contributed by atoms with Gasteiger partial charge in [0.05, 0.1) is 12.3 Å².